The van der Waals surface area contributed by atoms with Crippen LogP contribution < -0.4 is 11.5 Å². The molecule has 0 aliphatic heterocycles. The van der Waals surface area contributed by atoms with Gasteiger partial charge in [0, 0.05) is 6.61 Å². The van der Waals surface area contributed by atoms with Crippen molar-refractivity contribution in [3.8, 4) is 0 Å². The van der Waals surface area contributed by atoms with E-state index in [0.717, 1.165) is 19.5 Å². The molecule has 0 bridgehead atoms. The fraction of sp³-hybridized carbons (Fsp3) is 1.00. The smallest absolute Gasteiger partial charge is 0.0431 e. The molecule has 5 N–H and O–H groups in total. The Hall–Kier alpha value is 0.460. The summed E-state index contributed by atoms with van der Waals surface area (Å²) in [5.41, 5.74) is 11.2. The molecule has 0 aliphatic rings. The predicted molar refractivity (Wildman–Crippen MR) is 89.4 cm³/mol. The van der Waals surface area contributed by atoms with Crippen molar-refractivity contribution in [2.75, 3.05) is 19.7 Å². The first-order chi connectivity index (χ1) is 8.35. The molecule has 0 aliphatic carbocycles. The van der Waals surface area contributed by atoms with Gasteiger partial charge in [0.05, 0.1) is 0 Å². The second kappa shape index (κ2) is 20.8. The van der Waals surface area contributed by atoms with Crippen LogP contribution in [0.25, 0.3) is 0 Å². The van der Waals surface area contributed by atoms with Crippen LogP contribution in [0.5, 0.6) is 0 Å². The summed E-state index contributed by atoms with van der Waals surface area (Å²) < 4.78 is 0. The highest BCUT2D eigenvalue weighted by Gasteiger charge is 2.02. The van der Waals surface area contributed by atoms with Crippen LogP contribution in [0.2, 0.25) is 0 Å². The third-order valence-electron chi connectivity index (χ3n) is 3.44. The molecule has 0 fully saturated rings. The number of aliphatic hydroxyl groups excluding tert-OH is 1. The first-order valence-electron chi connectivity index (χ1n) is 7.36. The van der Waals surface area contributed by atoms with Gasteiger partial charge in [-0.15, -0.1) is 24.8 Å². The lowest BCUT2D eigenvalue weighted by atomic mass is 10.00. The van der Waals surface area contributed by atoms with Gasteiger partial charge in [-0.2, -0.15) is 0 Å². The number of aliphatic hydroxyl groups is 1. The third kappa shape index (κ3) is 18.5. The molecular weight excluding hydrogens is 283 g/mol. The van der Waals surface area contributed by atoms with Gasteiger partial charge >= 0.3 is 0 Å². The van der Waals surface area contributed by atoms with E-state index >= 15 is 0 Å². The summed E-state index contributed by atoms with van der Waals surface area (Å²) in [6.45, 7) is 1.83. The highest BCUT2D eigenvalue weighted by atomic mass is 35.5. The van der Waals surface area contributed by atoms with E-state index in [1.807, 2.05) is 0 Å². The number of nitrogens with two attached hydrogens (primary N) is 2. The van der Waals surface area contributed by atoms with Gasteiger partial charge in [0.1, 0.15) is 0 Å². The lowest BCUT2D eigenvalue weighted by Crippen LogP contribution is -2.22. The van der Waals surface area contributed by atoms with Crippen LogP contribution in [0.1, 0.15) is 64.2 Å². The molecule has 0 spiro atoms. The maximum absolute atomic E-state index is 8.63. The molecule has 0 aromatic rings. The minimum absolute atomic E-state index is 0. The van der Waals surface area contributed by atoms with Crippen LogP contribution in [0.4, 0.5) is 0 Å². The predicted octanol–water partition coefficient (Wildman–Crippen LogP) is 3.26. The topological polar surface area (TPSA) is 72.3 Å². The molecule has 0 atom stereocenters. The maximum Gasteiger partial charge on any atom is 0.0431 e. The second-order valence-electron chi connectivity index (χ2n) is 5.03. The average Bonchev–Trinajstić information content (AvgIpc) is 2.36. The van der Waals surface area contributed by atoms with Crippen LogP contribution in [0.15, 0.2) is 0 Å². The SMILES string of the molecule is Cl.Cl.NCC(CN)CCCCCCCCCCCO. The van der Waals surface area contributed by atoms with Gasteiger partial charge in [0.15, 0.2) is 0 Å². The Balaban J connectivity index is -0.00000128. The standard InChI is InChI=1S/C14H32N2O.2ClH/c15-12-14(13-16)10-8-6-4-2-1-3-5-7-9-11-17;;/h14,17H,1-13,15-16H2;2*1H. The van der Waals surface area contributed by atoms with Crippen molar-refractivity contribution < 1.29 is 5.11 Å². The van der Waals surface area contributed by atoms with E-state index in [0.29, 0.717) is 12.5 Å². The van der Waals surface area contributed by atoms with Crippen molar-refractivity contribution in [3.63, 3.8) is 0 Å². The van der Waals surface area contributed by atoms with Gasteiger partial charge in [-0.1, -0.05) is 51.4 Å². The van der Waals surface area contributed by atoms with Crippen molar-refractivity contribution in [2.45, 2.75) is 64.2 Å². The number of rotatable bonds is 13. The molecule has 19 heavy (non-hydrogen) atoms. The lowest BCUT2D eigenvalue weighted by Gasteiger charge is -2.11. The van der Waals surface area contributed by atoms with Crippen molar-refractivity contribution in [2.24, 2.45) is 17.4 Å². The molecule has 0 amide bonds. The monoisotopic (exact) mass is 316 g/mol. The Morgan fingerprint density at radius 1 is 0.632 bits per heavy atom. The molecule has 120 valence electrons. The van der Waals surface area contributed by atoms with Crippen LogP contribution in [-0.2, 0) is 0 Å². The van der Waals surface area contributed by atoms with Crippen molar-refractivity contribution in [3.05, 3.63) is 0 Å². The molecule has 3 nitrogen and oxygen atoms in total. The first kappa shape index (κ1) is 24.5. The van der Waals surface area contributed by atoms with E-state index in [1.54, 1.807) is 0 Å². The summed E-state index contributed by atoms with van der Waals surface area (Å²) >= 11 is 0. The highest BCUT2D eigenvalue weighted by Crippen LogP contribution is 2.12. The minimum atomic E-state index is 0. The van der Waals surface area contributed by atoms with E-state index in [1.165, 1.54) is 57.8 Å². The van der Waals surface area contributed by atoms with E-state index in [-0.39, 0.29) is 24.8 Å². The molecule has 0 unspecified atom stereocenters. The largest absolute Gasteiger partial charge is 0.396 e. The summed E-state index contributed by atoms with van der Waals surface area (Å²) in [7, 11) is 0. The molecule has 0 heterocycles. The fourth-order valence-electron chi connectivity index (χ4n) is 2.11. The number of unbranched alkanes of at least 4 members (excludes halogenated alkanes) is 8. The summed E-state index contributed by atoms with van der Waals surface area (Å²) in [6, 6.07) is 0. The molecule has 0 radical (unpaired) electrons. The number of hydrogen-bond donors (Lipinski definition) is 3. The van der Waals surface area contributed by atoms with Gasteiger partial charge in [-0.25, -0.2) is 0 Å². The van der Waals surface area contributed by atoms with Gasteiger partial charge in [0.2, 0.25) is 0 Å². The van der Waals surface area contributed by atoms with Crippen LogP contribution in [0, 0.1) is 5.92 Å². The molecule has 0 aromatic heterocycles. The second-order valence-corrected chi connectivity index (χ2v) is 5.03. The zero-order valence-electron chi connectivity index (χ0n) is 12.2. The quantitative estimate of drug-likeness (QED) is 0.457. The van der Waals surface area contributed by atoms with Crippen LogP contribution >= 0.6 is 24.8 Å². The van der Waals surface area contributed by atoms with E-state index in [4.69, 9.17) is 16.6 Å². The maximum atomic E-state index is 8.63. The first-order valence-corrected chi connectivity index (χ1v) is 7.36. The Bertz CT molecular complexity index is 147. The Morgan fingerprint density at radius 2 is 1.00 bits per heavy atom. The van der Waals surface area contributed by atoms with Gasteiger partial charge in [0.25, 0.3) is 0 Å². The van der Waals surface area contributed by atoms with E-state index in [2.05, 4.69) is 0 Å². The summed E-state index contributed by atoms with van der Waals surface area (Å²) in [5, 5.41) is 8.63. The molecule has 0 saturated carbocycles. The third-order valence-corrected chi connectivity index (χ3v) is 3.44. The van der Waals surface area contributed by atoms with Crippen LogP contribution in [0.3, 0.4) is 0 Å². The van der Waals surface area contributed by atoms with Crippen molar-refractivity contribution in [1.82, 2.24) is 0 Å². The Labute approximate surface area is 131 Å². The Kier molecular flexibility index (Phi) is 26.8. The van der Waals surface area contributed by atoms with Crippen LogP contribution in [-0.4, -0.2) is 24.8 Å². The normalized spacial score (nSPS) is 10.1. The fourth-order valence-corrected chi connectivity index (χ4v) is 2.11. The molecule has 0 saturated heterocycles. The van der Waals surface area contributed by atoms with Crippen molar-refractivity contribution >= 4 is 24.8 Å². The zero-order valence-corrected chi connectivity index (χ0v) is 13.8. The van der Waals surface area contributed by atoms with E-state index in [9.17, 15) is 0 Å². The highest BCUT2D eigenvalue weighted by molar-refractivity contribution is 5.85. The molecular formula is C14H34Cl2N2O. The number of hydrogen-bond acceptors (Lipinski definition) is 3. The average molecular weight is 317 g/mol. The minimum Gasteiger partial charge on any atom is -0.396 e. The van der Waals surface area contributed by atoms with Gasteiger partial charge in [-0.05, 0) is 31.8 Å². The molecule has 5 heteroatoms. The van der Waals surface area contributed by atoms with Gasteiger partial charge < -0.3 is 16.6 Å². The summed E-state index contributed by atoms with van der Waals surface area (Å²) in [4.78, 5) is 0. The summed E-state index contributed by atoms with van der Waals surface area (Å²) in [5.74, 6) is 0.536. The summed E-state index contributed by atoms with van der Waals surface area (Å²) in [6.07, 6.45) is 12.6. The molecule has 0 aromatic carbocycles. The lowest BCUT2D eigenvalue weighted by molar-refractivity contribution is 0.282. The number of halogens is 2. The zero-order chi connectivity index (χ0) is 12.8. The van der Waals surface area contributed by atoms with E-state index < -0.39 is 0 Å². The van der Waals surface area contributed by atoms with Crippen molar-refractivity contribution in [1.29, 1.82) is 0 Å². The Morgan fingerprint density at radius 3 is 1.37 bits per heavy atom. The molecule has 0 rings (SSSR count). The van der Waals surface area contributed by atoms with Gasteiger partial charge in [-0.3, -0.25) is 0 Å².